The van der Waals surface area contributed by atoms with Crippen molar-refractivity contribution in [1.82, 2.24) is 4.90 Å². The highest BCUT2D eigenvalue weighted by molar-refractivity contribution is 7.27. The Balaban J connectivity index is 1.82. The van der Waals surface area contributed by atoms with E-state index in [0.717, 1.165) is 10.4 Å². The molecular formula is C16H14ClNOS2. The van der Waals surface area contributed by atoms with Crippen LogP contribution in [0.25, 0.3) is 9.40 Å². The summed E-state index contributed by atoms with van der Waals surface area (Å²) in [5, 5.41) is 2.05. The number of hydrogen-bond donors (Lipinski definition) is 0. The fourth-order valence-electron chi connectivity index (χ4n) is 2.19. The van der Waals surface area contributed by atoms with Crippen LogP contribution in [0.4, 0.5) is 0 Å². The maximum Gasteiger partial charge on any atom is 0.264 e. The summed E-state index contributed by atoms with van der Waals surface area (Å²) in [5.74, 6) is 0.506. The standard InChI is InChI=1S/C16H14ClNOS2/c17-7-8-18(11-12-4-2-1-3-5-12)16(19)15-10-14-13(21-15)6-9-20-14/h1-6,9-10H,7-8,11H2. The minimum absolute atomic E-state index is 0.0629. The third kappa shape index (κ3) is 3.28. The zero-order valence-electron chi connectivity index (χ0n) is 11.3. The van der Waals surface area contributed by atoms with Gasteiger partial charge in [0.15, 0.2) is 0 Å². The summed E-state index contributed by atoms with van der Waals surface area (Å²) in [6.07, 6.45) is 0. The van der Waals surface area contributed by atoms with Crippen LogP contribution in [0.15, 0.2) is 47.8 Å². The lowest BCUT2D eigenvalue weighted by atomic mass is 10.2. The van der Waals surface area contributed by atoms with Crippen LogP contribution in [0.2, 0.25) is 0 Å². The van der Waals surface area contributed by atoms with Crippen molar-refractivity contribution in [1.29, 1.82) is 0 Å². The van der Waals surface area contributed by atoms with E-state index in [-0.39, 0.29) is 5.91 Å². The van der Waals surface area contributed by atoms with Crippen LogP contribution in [0.1, 0.15) is 15.2 Å². The van der Waals surface area contributed by atoms with Crippen LogP contribution in [-0.2, 0) is 6.54 Å². The van der Waals surface area contributed by atoms with Crippen LogP contribution in [0.3, 0.4) is 0 Å². The number of fused-ring (bicyclic) bond motifs is 1. The Hall–Kier alpha value is -1.36. The molecular weight excluding hydrogens is 322 g/mol. The molecule has 0 aliphatic heterocycles. The van der Waals surface area contributed by atoms with Gasteiger partial charge in [-0.05, 0) is 23.1 Å². The maximum absolute atomic E-state index is 12.7. The van der Waals surface area contributed by atoms with Crippen LogP contribution >= 0.6 is 34.3 Å². The quantitative estimate of drug-likeness (QED) is 0.611. The van der Waals surface area contributed by atoms with Gasteiger partial charge in [-0.15, -0.1) is 34.3 Å². The molecule has 0 saturated carbocycles. The Labute approximate surface area is 136 Å². The van der Waals surface area contributed by atoms with E-state index in [0.29, 0.717) is 19.0 Å². The van der Waals surface area contributed by atoms with Gasteiger partial charge in [0, 0.05) is 28.4 Å². The summed E-state index contributed by atoms with van der Waals surface area (Å²) < 4.78 is 2.35. The molecule has 0 saturated heterocycles. The van der Waals surface area contributed by atoms with Crippen LogP contribution in [0.5, 0.6) is 0 Å². The van der Waals surface area contributed by atoms with E-state index in [1.165, 1.54) is 9.40 Å². The highest BCUT2D eigenvalue weighted by Crippen LogP contribution is 2.30. The van der Waals surface area contributed by atoms with Crippen molar-refractivity contribution in [3.05, 3.63) is 58.3 Å². The molecule has 0 spiro atoms. The number of carbonyl (C=O) groups excluding carboxylic acids is 1. The molecule has 0 N–H and O–H groups in total. The topological polar surface area (TPSA) is 20.3 Å². The third-order valence-corrected chi connectivity index (χ3v) is 5.46. The van der Waals surface area contributed by atoms with Crippen molar-refractivity contribution in [3.63, 3.8) is 0 Å². The molecule has 1 aromatic carbocycles. The van der Waals surface area contributed by atoms with Crippen molar-refractivity contribution in [2.24, 2.45) is 0 Å². The monoisotopic (exact) mass is 335 g/mol. The molecule has 0 fully saturated rings. The van der Waals surface area contributed by atoms with Gasteiger partial charge in [0.05, 0.1) is 4.88 Å². The Kier molecular flexibility index (Phi) is 4.58. The first-order valence-electron chi connectivity index (χ1n) is 6.64. The second kappa shape index (κ2) is 6.60. The number of rotatable bonds is 5. The number of benzene rings is 1. The number of hydrogen-bond acceptors (Lipinski definition) is 3. The van der Waals surface area contributed by atoms with Gasteiger partial charge in [0.1, 0.15) is 0 Å². The van der Waals surface area contributed by atoms with Gasteiger partial charge >= 0.3 is 0 Å². The zero-order valence-corrected chi connectivity index (χ0v) is 13.7. The van der Waals surface area contributed by atoms with E-state index in [2.05, 4.69) is 11.4 Å². The largest absolute Gasteiger partial charge is 0.332 e. The lowest BCUT2D eigenvalue weighted by molar-refractivity contribution is 0.0758. The minimum atomic E-state index is 0.0629. The highest BCUT2D eigenvalue weighted by atomic mass is 35.5. The summed E-state index contributed by atoms with van der Waals surface area (Å²) in [6.45, 7) is 1.15. The summed E-state index contributed by atoms with van der Waals surface area (Å²) in [5.41, 5.74) is 1.12. The van der Waals surface area contributed by atoms with Crippen molar-refractivity contribution >= 4 is 49.6 Å². The first kappa shape index (κ1) is 14.6. The first-order chi connectivity index (χ1) is 10.3. The van der Waals surface area contributed by atoms with Crippen molar-refractivity contribution in [2.45, 2.75) is 6.54 Å². The Morgan fingerprint density at radius 1 is 1.14 bits per heavy atom. The average molecular weight is 336 g/mol. The number of thiophene rings is 2. The molecule has 0 aliphatic rings. The molecule has 3 aromatic rings. The second-order valence-corrected chi connectivity index (χ2v) is 7.07. The molecule has 108 valence electrons. The predicted molar refractivity (Wildman–Crippen MR) is 91.6 cm³/mol. The molecule has 5 heteroatoms. The minimum Gasteiger partial charge on any atom is -0.332 e. The lowest BCUT2D eigenvalue weighted by Gasteiger charge is -2.21. The maximum atomic E-state index is 12.7. The molecule has 3 rings (SSSR count). The number of amides is 1. The third-order valence-electron chi connectivity index (χ3n) is 3.21. The van der Waals surface area contributed by atoms with Gasteiger partial charge < -0.3 is 4.90 Å². The van der Waals surface area contributed by atoms with E-state index in [4.69, 9.17) is 11.6 Å². The number of carbonyl (C=O) groups is 1. The molecule has 0 bridgehead atoms. The van der Waals surface area contributed by atoms with E-state index in [1.807, 2.05) is 41.3 Å². The fraction of sp³-hybridized carbons (Fsp3) is 0.188. The molecule has 0 unspecified atom stereocenters. The van der Waals surface area contributed by atoms with E-state index >= 15 is 0 Å². The first-order valence-corrected chi connectivity index (χ1v) is 8.87. The lowest BCUT2D eigenvalue weighted by Crippen LogP contribution is -2.31. The smallest absolute Gasteiger partial charge is 0.264 e. The Morgan fingerprint density at radius 3 is 2.67 bits per heavy atom. The second-order valence-electron chi connectivity index (χ2n) is 4.66. The summed E-state index contributed by atoms with van der Waals surface area (Å²) in [4.78, 5) is 15.3. The van der Waals surface area contributed by atoms with Crippen molar-refractivity contribution < 1.29 is 4.79 Å². The zero-order chi connectivity index (χ0) is 14.7. The molecule has 2 nitrogen and oxygen atoms in total. The van der Waals surface area contributed by atoms with E-state index in [1.54, 1.807) is 22.7 Å². The molecule has 0 atom stereocenters. The van der Waals surface area contributed by atoms with Crippen molar-refractivity contribution in [2.75, 3.05) is 12.4 Å². The summed E-state index contributed by atoms with van der Waals surface area (Å²) in [6, 6.07) is 14.1. The fourth-order valence-corrected chi connectivity index (χ4v) is 4.47. The molecule has 2 aromatic heterocycles. The normalized spacial score (nSPS) is 10.9. The number of nitrogens with zero attached hydrogens (tertiary/aromatic N) is 1. The Bertz CT molecular complexity index is 706. The Morgan fingerprint density at radius 2 is 1.95 bits per heavy atom. The summed E-state index contributed by atoms with van der Waals surface area (Å²) in [7, 11) is 0. The van der Waals surface area contributed by atoms with E-state index in [9.17, 15) is 4.79 Å². The highest BCUT2D eigenvalue weighted by Gasteiger charge is 2.18. The van der Waals surface area contributed by atoms with Crippen LogP contribution < -0.4 is 0 Å². The molecule has 2 heterocycles. The molecule has 1 amide bonds. The summed E-state index contributed by atoms with van der Waals surface area (Å²) >= 11 is 9.08. The van der Waals surface area contributed by atoms with Gasteiger partial charge in [-0.3, -0.25) is 4.79 Å². The van der Waals surface area contributed by atoms with Gasteiger partial charge in [-0.25, -0.2) is 0 Å². The van der Waals surface area contributed by atoms with Crippen molar-refractivity contribution in [3.8, 4) is 0 Å². The molecule has 0 aliphatic carbocycles. The SMILES string of the molecule is O=C(c1cc2sccc2s1)N(CCCl)Cc1ccccc1. The average Bonchev–Trinajstić information content (AvgIpc) is 3.08. The van der Waals surface area contributed by atoms with Crippen LogP contribution in [-0.4, -0.2) is 23.2 Å². The molecule has 21 heavy (non-hydrogen) atoms. The number of halogens is 1. The van der Waals surface area contributed by atoms with Gasteiger partial charge in [-0.2, -0.15) is 0 Å². The number of alkyl halides is 1. The van der Waals surface area contributed by atoms with Crippen LogP contribution in [0, 0.1) is 0 Å². The van der Waals surface area contributed by atoms with Gasteiger partial charge in [0.25, 0.3) is 5.91 Å². The van der Waals surface area contributed by atoms with E-state index < -0.39 is 0 Å². The van der Waals surface area contributed by atoms with Gasteiger partial charge in [-0.1, -0.05) is 30.3 Å². The predicted octanol–water partition coefficient (Wildman–Crippen LogP) is 4.84. The van der Waals surface area contributed by atoms with Gasteiger partial charge in [0.2, 0.25) is 0 Å². The molecule has 0 radical (unpaired) electrons.